The number of rotatable bonds is 6. The molecule has 5 heteroatoms. The summed E-state index contributed by atoms with van der Waals surface area (Å²) >= 11 is 0. The molecule has 2 aromatic carbocycles. The van der Waals surface area contributed by atoms with Crippen molar-refractivity contribution in [3.63, 3.8) is 0 Å². The number of amides is 1. The number of hydrogen-bond acceptors (Lipinski definition) is 4. The van der Waals surface area contributed by atoms with Gasteiger partial charge in [-0.25, -0.2) is 0 Å². The molecule has 1 heterocycles. The van der Waals surface area contributed by atoms with Gasteiger partial charge in [0.15, 0.2) is 11.5 Å². The van der Waals surface area contributed by atoms with Gasteiger partial charge in [0.05, 0.1) is 0 Å². The summed E-state index contributed by atoms with van der Waals surface area (Å²) in [7, 11) is 1.77. The second-order valence-electron chi connectivity index (χ2n) is 6.00. The Kier molecular flexibility index (Phi) is 5.59. The molecule has 132 valence electrons. The predicted octanol–water partition coefficient (Wildman–Crippen LogP) is 3.91. The summed E-state index contributed by atoms with van der Waals surface area (Å²) in [5.41, 5.74) is 2.47. The van der Waals surface area contributed by atoms with Crippen LogP contribution in [-0.2, 0) is 6.54 Å². The summed E-state index contributed by atoms with van der Waals surface area (Å²) < 4.78 is 0. The Balaban J connectivity index is 1.73. The Hall–Kier alpha value is -3.21. The van der Waals surface area contributed by atoms with Crippen molar-refractivity contribution < 1.29 is 4.79 Å². The summed E-state index contributed by atoms with van der Waals surface area (Å²) in [5, 5.41) is 8.42. The molecule has 0 aliphatic rings. The molecule has 0 unspecified atom stereocenters. The average Bonchev–Trinajstić information content (AvgIpc) is 2.70. The maximum atomic E-state index is 12.6. The van der Waals surface area contributed by atoms with Gasteiger partial charge in [-0.05, 0) is 36.8 Å². The van der Waals surface area contributed by atoms with Crippen molar-refractivity contribution in [2.75, 3.05) is 18.5 Å². The highest BCUT2D eigenvalue weighted by molar-refractivity contribution is 5.92. The van der Waals surface area contributed by atoms with Gasteiger partial charge in [-0.2, -0.15) is 0 Å². The fraction of sp³-hybridized carbons (Fsp3) is 0.190. The number of carbonyl (C=O) groups excluding carboxylic acids is 1. The van der Waals surface area contributed by atoms with Gasteiger partial charge in [-0.3, -0.25) is 4.79 Å². The fourth-order valence-corrected chi connectivity index (χ4v) is 2.79. The summed E-state index contributed by atoms with van der Waals surface area (Å²) in [6.07, 6.45) is 0. The van der Waals surface area contributed by atoms with E-state index in [9.17, 15) is 4.79 Å². The van der Waals surface area contributed by atoms with Crippen LogP contribution in [0, 0.1) is 0 Å². The van der Waals surface area contributed by atoms with E-state index in [1.54, 1.807) is 18.0 Å². The first-order valence-electron chi connectivity index (χ1n) is 8.64. The molecule has 0 N–H and O–H groups in total. The fourth-order valence-electron chi connectivity index (χ4n) is 2.79. The van der Waals surface area contributed by atoms with Gasteiger partial charge >= 0.3 is 0 Å². The molecular weight excluding hydrogens is 324 g/mol. The minimum Gasteiger partial charge on any atom is -0.336 e. The molecule has 0 bridgehead atoms. The molecule has 0 aliphatic carbocycles. The Morgan fingerprint density at radius 1 is 0.885 bits per heavy atom. The van der Waals surface area contributed by atoms with E-state index in [1.807, 2.05) is 66.7 Å². The van der Waals surface area contributed by atoms with Gasteiger partial charge in [0.2, 0.25) is 0 Å². The first kappa shape index (κ1) is 17.6. The molecule has 1 amide bonds. The van der Waals surface area contributed by atoms with E-state index in [0.29, 0.717) is 12.2 Å². The number of carbonyl (C=O) groups is 1. The van der Waals surface area contributed by atoms with Gasteiger partial charge in [0, 0.05) is 25.8 Å². The lowest BCUT2D eigenvalue weighted by atomic mass is 10.2. The molecule has 0 saturated carbocycles. The molecular formula is C21H22N4O. The SMILES string of the molecule is CCN(c1ccccc1)c1ccc(C(=O)N(C)Cc2ccccc2)nn1. The number of benzene rings is 2. The van der Waals surface area contributed by atoms with E-state index in [2.05, 4.69) is 22.0 Å². The molecule has 3 rings (SSSR count). The van der Waals surface area contributed by atoms with E-state index in [-0.39, 0.29) is 5.91 Å². The molecule has 26 heavy (non-hydrogen) atoms. The first-order valence-corrected chi connectivity index (χ1v) is 8.64. The lowest BCUT2D eigenvalue weighted by molar-refractivity contribution is 0.0778. The summed E-state index contributed by atoms with van der Waals surface area (Å²) in [4.78, 5) is 16.3. The second-order valence-corrected chi connectivity index (χ2v) is 6.00. The van der Waals surface area contributed by atoms with Crippen LogP contribution in [0.25, 0.3) is 0 Å². The van der Waals surface area contributed by atoms with E-state index in [0.717, 1.165) is 23.6 Å². The van der Waals surface area contributed by atoms with Crippen LogP contribution in [0.3, 0.4) is 0 Å². The standard InChI is InChI=1S/C21H22N4O/c1-3-25(18-12-8-5-9-13-18)20-15-14-19(22-23-20)21(26)24(2)16-17-10-6-4-7-11-17/h4-15H,3,16H2,1-2H3. The van der Waals surface area contributed by atoms with Crippen LogP contribution in [0.15, 0.2) is 72.8 Å². The molecule has 0 saturated heterocycles. The zero-order valence-electron chi connectivity index (χ0n) is 15.0. The van der Waals surface area contributed by atoms with Gasteiger partial charge in [0.25, 0.3) is 5.91 Å². The lowest BCUT2D eigenvalue weighted by Gasteiger charge is -2.22. The molecule has 1 aromatic heterocycles. The van der Waals surface area contributed by atoms with Crippen molar-refractivity contribution in [1.82, 2.24) is 15.1 Å². The molecule has 0 aliphatic heterocycles. The van der Waals surface area contributed by atoms with Crippen molar-refractivity contribution in [1.29, 1.82) is 0 Å². The highest BCUT2D eigenvalue weighted by atomic mass is 16.2. The van der Waals surface area contributed by atoms with E-state index in [1.165, 1.54) is 0 Å². The zero-order valence-corrected chi connectivity index (χ0v) is 15.0. The first-order chi connectivity index (χ1) is 12.7. The van der Waals surface area contributed by atoms with E-state index >= 15 is 0 Å². The third-order valence-electron chi connectivity index (χ3n) is 4.14. The maximum absolute atomic E-state index is 12.6. The van der Waals surface area contributed by atoms with E-state index < -0.39 is 0 Å². The number of anilines is 2. The molecule has 3 aromatic rings. The van der Waals surface area contributed by atoms with Crippen LogP contribution in [0.4, 0.5) is 11.5 Å². The highest BCUT2D eigenvalue weighted by Gasteiger charge is 2.16. The molecule has 0 atom stereocenters. The Labute approximate surface area is 153 Å². The monoisotopic (exact) mass is 346 g/mol. The van der Waals surface area contributed by atoms with Crippen LogP contribution < -0.4 is 4.90 Å². The minimum atomic E-state index is -0.143. The third-order valence-corrected chi connectivity index (χ3v) is 4.14. The van der Waals surface area contributed by atoms with Crippen LogP contribution >= 0.6 is 0 Å². The summed E-state index contributed by atoms with van der Waals surface area (Å²) in [6, 6.07) is 23.5. The van der Waals surface area contributed by atoms with Crippen molar-refractivity contribution >= 4 is 17.4 Å². The van der Waals surface area contributed by atoms with Crippen molar-refractivity contribution in [2.45, 2.75) is 13.5 Å². The predicted molar refractivity (Wildman–Crippen MR) is 103 cm³/mol. The van der Waals surface area contributed by atoms with Gasteiger partial charge in [0.1, 0.15) is 0 Å². The van der Waals surface area contributed by atoms with Gasteiger partial charge in [-0.15, -0.1) is 10.2 Å². The van der Waals surface area contributed by atoms with Crippen molar-refractivity contribution in [3.8, 4) is 0 Å². The number of para-hydroxylation sites is 1. The number of nitrogens with zero attached hydrogens (tertiary/aromatic N) is 4. The second kappa shape index (κ2) is 8.25. The largest absolute Gasteiger partial charge is 0.336 e. The highest BCUT2D eigenvalue weighted by Crippen LogP contribution is 2.22. The Bertz CT molecular complexity index is 835. The minimum absolute atomic E-state index is 0.143. The number of aromatic nitrogens is 2. The Morgan fingerprint density at radius 3 is 2.12 bits per heavy atom. The van der Waals surface area contributed by atoms with Gasteiger partial charge < -0.3 is 9.80 Å². The molecule has 0 radical (unpaired) electrons. The molecule has 5 nitrogen and oxygen atoms in total. The van der Waals surface area contributed by atoms with Crippen LogP contribution in [0.2, 0.25) is 0 Å². The smallest absolute Gasteiger partial charge is 0.274 e. The zero-order chi connectivity index (χ0) is 18.4. The molecule has 0 spiro atoms. The summed E-state index contributed by atoms with van der Waals surface area (Å²) in [5.74, 6) is 0.580. The van der Waals surface area contributed by atoms with Crippen LogP contribution in [0.5, 0.6) is 0 Å². The Morgan fingerprint density at radius 2 is 1.54 bits per heavy atom. The number of hydrogen-bond donors (Lipinski definition) is 0. The third kappa shape index (κ3) is 4.06. The maximum Gasteiger partial charge on any atom is 0.274 e. The van der Waals surface area contributed by atoms with Crippen LogP contribution in [-0.4, -0.2) is 34.6 Å². The van der Waals surface area contributed by atoms with Crippen molar-refractivity contribution in [2.24, 2.45) is 0 Å². The quantitative estimate of drug-likeness (QED) is 0.679. The topological polar surface area (TPSA) is 49.3 Å². The van der Waals surface area contributed by atoms with E-state index in [4.69, 9.17) is 0 Å². The average molecular weight is 346 g/mol. The normalized spacial score (nSPS) is 10.4. The molecule has 0 fully saturated rings. The lowest BCUT2D eigenvalue weighted by Crippen LogP contribution is -2.27. The van der Waals surface area contributed by atoms with Crippen molar-refractivity contribution in [3.05, 3.63) is 84.1 Å². The summed E-state index contributed by atoms with van der Waals surface area (Å²) in [6.45, 7) is 3.36. The van der Waals surface area contributed by atoms with Crippen LogP contribution in [0.1, 0.15) is 23.0 Å². The van der Waals surface area contributed by atoms with Gasteiger partial charge in [-0.1, -0.05) is 48.5 Å².